The van der Waals surface area contributed by atoms with Crippen molar-refractivity contribution in [1.29, 1.82) is 0 Å². The Labute approximate surface area is 227 Å². The predicted octanol–water partition coefficient (Wildman–Crippen LogP) is 6.17. The van der Waals surface area contributed by atoms with E-state index in [1.807, 2.05) is 120 Å². The number of carbonyl (C=O) groups excluding carboxylic acids is 2. The van der Waals surface area contributed by atoms with E-state index in [0.29, 0.717) is 18.8 Å². The van der Waals surface area contributed by atoms with Crippen LogP contribution >= 0.6 is 0 Å². The Balaban J connectivity index is 1.09. The van der Waals surface area contributed by atoms with Crippen molar-refractivity contribution in [3.63, 3.8) is 0 Å². The Morgan fingerprint density at radius 2 is 1.28 bits per heavy atom. The highest BCUT2D eigenvalue weighted by Gasteiger charge is 2.25. The van der Waals surface area contributed by atoms with Gasteiger partial charge in [0.05, 0.1) is 5.92 Å². The Morgan fingerprint density at radius 1 is 0.692 bits per heavy atom. The molecule has 1 N–H and O–H groups in total. The maximum atomic E-state index is 13.4. The number of nitrogens with one attached hydrogen (secondary N) is 1. The third-order valence-electron chi connectivity index (χ3n) is 7.23. The van der Waals surface area contributed by atoms with E-state index in [-0.39, 0.29) is 11.8 Å². The summed E-state index contributed by atoms with van der Waals surface area (Å²) in [4.78, 5) is 30.5. The molecule has 1 aliphatic heterocycles. The second-order valence-electron chi connectivity index (χ2n) is 9.72. The smallest absolute Gasteiger partial charge is 0.289 e. The number of hydrogen-bond donors (Lipinski definition) is 1. The number of furan rings is 1. The first-order valence-corrected chi connectivity index (χ1v) is 13.2. The van der Waals surface area contributed by atoms with Gasteiger partial charge in [0.1, 0.15) is 5.58 Å². The molecule has 194 valence electrons. The Kier molecular flexibility index (Phi) is 6.83. The summed E-state index contributed by atoms with van der Waals surface area (Å²) >= 11 is 0. The molecular formula is C33H29N3O3. The van der Waals surface area contributed by atoms with Gasteiger partial charge in [-0.05, 0) is 47.5 Å². The zero-order chi connectivity index (χ0) is 26.6. The summed E-state index contributed by atoms with van der Waals surface area (Å²) in [6.07, 6.45) is 0. The fourth-order valence-corrected chi connectivity index (χ4v) is 5.17. The summed E-state index contributed by atoms with van der Waals surface area (Å²) in [6.45, 7) is 2.68. The summed E-state index contributed by atoms with van der Waals surface area (Å²) in [5.74, 6) is -0.161. The highest BCUT2D eigenvalue weighted by atomic mass is 16.3. The highest BCUT2D eigenvalue weighted by Crippen LogP contribution is 2.27. The van der Waals surface area contributed by atoms with E-state index >= 15 is 0 Å². The third-order valence-corrected chi connectivity index (χ3v) is 7.23. The molecule has 0 saturated carbocycles. The topological polar surface area (TPSA) is 65.8 Å². The van der Waals surface area contributed by atoms with Gasteiger partial charge < -0.3 is 19.5 Å². The van der Waals surface area contributed by atoms with Crippen molar-refractivity contribution in [2.24, 2.45) is 0 Å². The van der Waals surface area contributed by atoms with Crippen LogP contribution < -0.4 is 10.2 Å². The van der Waals surface area contributed by atoms with Crippen LogP contribution in [0.15, 0.2) is 120 Å². The van der Waals surface area contributed by atoms with Gasteiger partial charge in [-0.15, -0.1) is 0 Å². The van der Waals surface area contributed by atoms with Crippen LogP contribution in [0.2, 0.25) is 0 Å². The summed E-state index contributed by atoms with van der Waals surface area (Å²) in [5.41, 5.74) is 4.44. The molecule has 1 aromatic heterocycles. The summed E-state index contributed by atoms with van der Waals surface area (Å²) in [6, 6.07) is 37.1. The van der Waals surface area contributed by atoms with Gasteiger partial charge in [-0.2, -0.15) is 0 Å². The van der Waals surface area contributed by atoms with Gasteiger partial charge in [0.15, 0.2) is 5.76 Å². The lowest BCUT2D eigenvalue weighted by molar-refractivity contribution is -0.116. The van der Waals surface area contributed by atoms with Gasteiger partial charge in [0, 0.05) is 42.9 Å². The average Bonchev–Trinajstić information content (AvgIpc) is 3.43. The Morgan fingerprint density at radius 3 is 1.90 bits per heavy atom. The molecule has 39 heavy (non-hydrogen) atoms. The van der Waals surface area contributed by atoms with Gasteiger partial charge in [0.25, 0.3) is 5.91 Å². The first kappa shape index (κ1) is 24.5. The normalized spacial score (nSPS) is 13.6. The number of anilines is 2. The quantitative estimate of drug-likeness (QED) is 0.294. The monoisotopic (exact) mass is 515 g/mol. The van der Waals surface area contributed by atoms with Crippen molar-refractivity contribution in [1.82, 2.24) is 4.90 Å². The maximum absolute atomic E-state index is 13.4. The van der Waals surface area contributed by atoms with Crippen LogP contribution in [0.4, 0.5) is 11.4 Å². The van der Waals surface area contributed by atoms with Crippen LogP contribution in [0.5, 0.6) is 0 Å². The first-order valence-electron chi connectivity index (χ1n) is 13.2. The second kappa shape index (κ2) is 10.9. The molecule has 6 heteroatoms. The molecule has 0 atom stereocenters. The minimum atomic E-state index is -0.399. The third kappa shape index (κ3) is 5.27. The zero-order valence-corrected chi connectivity index (χ0v) is 21.5. The highest BCUT2D eigenvalue weighted by molar-refractivity contribution is 5.98. The van der Waals surface area contributed by atoms with E-state index in [1.165, 1.54) is 0 Å². The lowest BCUT2D eigenvalue weighted by atomic mass is 9.90. The molecule has 6 rings (SSSR count). The van der Waals surface area contributed by atoms with E-state index in [9.17, 15) is 9.59 Å². The van der Waals surface area contributed by atoms with E-state index in [4.69, 9.17) is 4.42 Å². The summed E-state index contributed by atoms with van der Waals surface area (Å²) in [7, 11) is 0. The average molecular weight is 516 g/mol. The molecule has 6 nitrogen and oxygen atoms in total. The van der Waals surface area contributed by atoms with Crippen LogP contribution in [-0.4, -0.2) is 42.9 Å². The van der Waals surface area contributed by atoms with Gasteiger partial charge >= 0.3 is 0 Å². The molecule has 0 unspecified atom stereocenters. The minimum Gasteiger partial charge on any atom is -0.451 e. The zero-order valence-electron chi connectivity index (χ0n) is 21.5. The fourth-order valence-electron chi connectivity index (χ4n) is 5.17. The number of piperazine rings is 1. The van der Waals surface area contributed by atoms with Crippen LogP contribution in [0.25, 0.3) is 11.0 Å². The van der Waals surface area contributed by atoms with Gasteiger partial charge in [-0.25, -0.2) is 0 Å². The Bertz CT molecular complexity index is 1500. The van der Waals surface area contributed by atoms with Crippen molar-refractivity contribution in [2.75, 3.05) is 36.4 Å². The lowest BCUT2D eigenvalue weighted by Crippen LogP contribution is -2.48. The molecule has 4 aromatic carbocycles. The molecule has 1 fully saturated rings. The number of fused-ring (bicyclic) bond motifs is 1. The number of benzene rings is 4. The lowest BCUT2D eigenvalue weighted by Gasteiger charge is -2.35. The molecule has 2 amide bonds. The number of rotatable bonds is 6. The molecule has 1 aliphatic rings. The van der Waals surface area contributed by atoms with E-state index in [0.717, 1.165) is 46.6 Å². The van der Waals surface area contributed by atoms with Crippen molar-refractivity contribution < 1.29 is 14.0 Å². The molecule has 0 aliphatic carbocycles. The van der Waals surface area contributed by atoms with Crippen molar-refractivity contribution in [3.05, 3.63) is 132 Å². The number of hydrogen-bond acceptors (Lipinski definition) is 4. The van der Waals surface area contributed by atoms with Gasteiger partial charge in [0.2, 0.25) is 5.91 Å². The standard InChI is InChI=1S/C33H29N3O3/c37-32(31(24-9-3-1-4-10-24)25-11-5-2-6-12-25)34-27-15-17-28(18-16-27)35-19-21-36(22-20-35)33(38)30-23-26-13-7-8-14-29(26)39-30/h1-18,23,31H,19-22H2,(H,34,37). The minimum absolute atomic E-state index is 0.0714. The largest absolute Gasteiger partial charge is 0.451 e. The van der Waals surface area contributed by atoms with Crippen molar-refractivity contribution >= 4 is 34.2 Å². The Hall–Kier alpha value is -4.84. The number of carbonyl (C=O) groups is 2. The molecule has 0 radical (unpaired) electrons. The molecule has 2 heterocycles. The molecule has 5 aromatic rings. The van der Waals surface area contributed by atoms with E-state index < -0.39 is 5.92 Å². The maximum Gasteiger partial charge on any atom is 0.289 e. The summed E-state index contributed by atoms with van der Waals surface area (Å²) in [5, 5.41) is 4.04. The number of amides is 2. The first-order chi connectivity index (χ1) is 19.2. The predicted molar refractivity (Wildman–Crippen MR) is 154 cm³/mol. The molecule has 1 saturated heterocycles. The number of nitrogens with zero attached hydrogens (tertiary/aromatic N) is 2. The van der Waals surface area contributed by atoms with Gasteiger partial charge in [-0.3, -0.25) is 9.59 Å². The molecule has 0 spiro atoms. The fraction of sp³-hybridized carbons (Fsp3) is 0.152. The van der Waals surface area contributed by atoms with Crippen LogP contribution in [0.3, 0.4) is 0 Å². The molecule has 0 bridgehead atoms. The SMILES string of the molecule is O=C(Nc1ccc(N2CCN(C(=O)c3cc4ccccc4o3)CC2)cc1)C(c1ccccc1)c1ccccc1. The van der Waals surface area contributed by atoms with E-state index in [2.05, 4.69) is 10.2 Å². The van der Waals surface area contributed by atoms with Crippen molar-refractivity contribution in [3.8, 4) is 0 Å². The second-order valence-corrected chi connectivity index (χ2v) is 9.72. The number of para-hydroxylation sites is 1. The van der Waals surface area contributed by atoms with Crippen molar-refractivity contribution in [2.45, 2.75) is 5.92 Å². The van der Waals surface area contributed by atoms with Crippen LogP contribution in [-0.2, 0) is 4.79 Å². The van der Waals surface area contributed by atoms with E-state index in [1.54, 1.807) is 0 Å². The van der Waals surface area contributed by atoms with Gasteiger partial charge in [-0.1, -0.05) is 78.9 Å². The summed E-state index contributed by atoms with van der Waals surface area (Å²) < 4.78 is 5.77. The molecular weight excluding hydrogens is 486 g/mol. The van der Waals surface area contributed by atoms with Crippen LogP contribution in [0.1, 0.15) is 27.6 Å². The van der Waals surface area contributed by atoms with Crippen LogP contribution in [0, 0.1) is 0 Å².